The van der Waals surface area contributed by atoms with Crippen LogP contribution in [0.4, 0.5) is 18.3 Å². The Labute approximate surface area is 113 Å². The first kappa shape index (κ1) is 14.5. The van der Waals surface area contributed by atoms with Gasteiger partial charge in [0.1, 0.15) is 0 Å². The van der Waals surface area contributed by atoms with Gasteiger partial charge in [-0.3, -0.25) is 0 Å². The van der Waals surface area contributed by atoms with E-state index in [1.54, 1.807) is 4.90 Å². The second-order valence-electron chi connectivity index (χ2n) is 4.61. The zero-order valence-corrected chi connectivity index (χ0v) is 11.2. The van der Waals surface area contributed by atoms with Crippen molar-refractivity contribution >= 4 is 16.7 Å². The van der Waals surface area contributed by atoms with Gasteiger partial charge >= 0.3 is 6.18 Å². The van der Waals surface area contributed by atoms with Crippen LogP contribution < -0.4 is 4.90 Å². The highest BCUT2D eigenvalue weighted by atomic mass is 32.1. The molecule has 0 bridgehead atoms. The molecule has 0 aliphatic heterocycles. The normalized spacial score (nSPS) is 17.7. The highest BCUT2D eigenvalue weighted by Crippen LogP contribution is 2.33. The molecule has 2 rings (SSSR count). The number of aliphatic hydroxyl groups excluding tert-OH is 1. The summed E-state index contributed by atoms with van der Waals surface area (Å²) in [6.45, 7) is 0.203. The molecule has 0 atom stereocenters. The number of halogens is 3. The van der Waals surface area contributed by atoms with Crippen LogP contribution in [-0.4, -0.2) is 33.7 Å². The fraction of sp³-hybridized carbons (Fsp3) is 0.818. The van der Waals surface area contributed by atoms with Gasteiger partial charge in [-0.25, -0.2) is 0 Å². The van der Waals surface area contributed by atoms with Crippen LogP contribution in [0.1, 0.15) is 37.9 Å². The molecule has 1 aliphatic rings. The smallest absolute Gasteiger partial charge is 0.395 e. The molecular weight excluding hydrogens is 279 g/mol. The molecule has 19 heavy (non-hydrogen) atoms. The third-order valence-corrected chi connectivity index (χ3v) is 4.02. The largest absolute Gasteiger partial charge is 0.452 e. The van der Waals surface area contributed by atoms with E-state index in [1.165, 1.54) is 0 Å². The van der Waals surface area contributed by atoms with Crippen LogP contribution in [0.2, 0.25) is 0 Å². The second-order valence-corrected chi connectivity index (χ2v) is 5.34. The van der Waals surface area contributed by atoms with Crippen molar-refractivity contribution in [1.82, 2.24) is 9.36 Å². The molecule has 1 saturated carbocycles. The number of alkyl halides is 3. The number of nitrogens with zero attached hydrogens (tertiary/aromatic N) is 3. The van der Waals surface area contributed by atoms with Gasteiger partial charge in [0.15, 0.2) is 0 Å². The molecule has 1 heterocycles. The Kier molecular flexibility index (Phi) is 4.62. The quantitative estimate of drug-likeness (QED) is 0.928. The first-order valence-corrected chi connectivity index (χ1v) is 7.08. The van der Waals surface area contributed by atoms with E-state index in [1.807, 2.05) is 0 Å². The zero-order valence-electron chi connectivity index (χ0n) is 10.4. The summed E-state index contributed by atoms with van der Waals surface area (Å²) in [6, 6.07) is 0.162. The molecule has 108 valence electrons. The SMILES string of the molecule is OCCN(c1nc(C(F)(F)F)ns1)C1CCCCC1. The summed E-state index contributed by atoms with van der Waals surface area (Å²) in [5.41, 5.74) is 0. The number of aromatic nitrogens is 2. The third-order valence-electron chi connectivity index (χ3n) is 3.27. The van der Waals surface area contributed by atoms with Gasteiger partial charge in [-0.15, -0.1) is 0 Å². The first-order chi connectivity index (χ1) is 9.02. The predicted octanol–water partition coefficient (Wildman–Crippen LogP) is 2.69. The van der Waals surface area contributed by atoms with Gasteiger partial charge in [0.2, 0.25) is 11.0 Å². The fourth-order valence-corrected chi connectivity index (χ4v) is 3.17. The number of hydrogen-bond donors (Lipinski definition) is 1. The minimum Gasteiger partial charge on any atom is -0.395 e. The Morgan fingerprint density at radius 1 is 1.26 bits per heavy atom. The number of rotatable bonds is 4. The lowest BCUT2D eigenvalue weighted by atomic mass is 9.94. The van der Waals surface area contributed by atoms with Gasteiger partial charge in [-0.05, 0) is 12.8 Å². The molecular formula is C11H16F3N3OS. The van der Waals surface area contributed by atoms with Gasteiger partial charge in [0, 0.05) is 24.1 Å². The molecule has 1 N–H and O–H groups in total. The minimum atomic E-state index is -4.51. The molecule has 0 aromatic carbocycles. The van der Waals surface area contributed by atoms with Crippen LogP contribution >= 0.6 is 11.5 Å². The Morgan fingerprint density at radius 3 is 2.47 bits per heavy atom. The number of aliphatic hydroxyl groups is 1. The summed E-state index contributed by atoms with van der Waals surface area (Å²) < 4.78 is 40.9. The zero-order chi connectivity index (χ0) is 13.9. The maximum atomic E-state index is 12.5. The summed E-state index contributed by atoms with van der Waals surface area (Å²) in [6.07, 6.45) is 0.649. The Morgan fingerprint density at radius 2 is 1.95 bits per heavy atom. The summed E-state index contributed by atoms with van der Waals surface area (Å²) in [5, 5.41) is 9.35. The van der Waals surface area contributed by atoms with Gasteiger partial charge in [-0.1, -0.05) is 19.3 Å². The van der Waals surface area contributed by atoms with Crippen molar-refractivity contribution in [2.75, 3.05) is 18.1 Å². The van der Waals surface area contributed by atoms with Crippen LogP contribution in [0.15, 0.2) is 0 Å². The molecule has 0 saturated heterocycles. The van der Waals surface area contributed by atoms with E-state index in [0.29, 0.717) is 6.54 Å². The lowest BCUT2D eigenvalue weighted by Gasteiger charge is -2.33. The first-order valence-electron chi connectivity index (χ1n) is 6.31. The molecule has 0 amide bonds. The molecule has 1 fully saturated rings. The molecule has 4 nitrogen and oxygen atoms in total. The van der Waals surface area contributed by atoms with Crippen molar-refractivity contribution in [3.63, 3.8) is 0 Å². The van der Waals surface area contributed by atoms with Crippen molar-refractivity contribution in [3.05, 3.63) is 5.82 Å². The van der Waals surface area contributed by atoms with E-state index in [0.717, 1.165) is 43.6 Å². The fourth-order valence-electron chi connectivity index (χ4n) is 2.38. The molecule has 1 aromatic rings. The van der Waals surface area contributed by atoms with E-state index in [9.17, 15) is 13.2 Å². The average molecular weight is 295 g/mol. The topological polar surface area (TPSA) is 49.2 Å². The van der Waals surface area contributed by atoms with Crippen LogP contribution in [0, 0.1) is 0 Å². The second kappa shape index (κ2) is 6.04. The van der Waals surface area contributed by atoms with Gasteiger partial charge < -0.3 is 10.0 Å². The number of hydrogen-bond acceptors (Lipinski definition) is 5. The summed E-state index contributed by atoms with van der Waals surface area (Å²) in [5.74, 6) is -1.09. The molecule has 1 aliphatic carbocycles. The standard InChI is InChI=1S/C11H16F3N3OS/c12-11(13,14)9-15-10(19-16-9)17(6-7-18)8-4-2-1-3-5-8/h8,18H,1-7H2. The Hall–Kier alpha value is -0.890. The maximum Gasteiger partial charge on any atom is 0.452 e. The van der Waals surface area contributed by atoms with E-state index < -0.39 is 12.0 Å². The summed E-state index contributed by atoms with van der Waals surface area (Å²) in [4.78, 5) is 5.34. The van der Waals surface area contributed by atoms with Gasteiger partial charge in [-0.2, -0.15) is 22.5 Å². The molecule has 1 aromatic heterocycles. The van der Waals surface area contributed by atoms with Crippen molar-refractivity contribution in [1.29, 1.82) is 0 Å². The molecule has 0 radical (unpaired) electrons. The van der Waals surface area contributed by atoms with E-state index >= 15 is 0 Å². The Balaban J connectivity index is 2.16. The highest BCUT2D eigenvalue weighted by Gasteiger charge is 2.37. The lowest BCUT2D eigenvalue weighted by Crippen LogP contribution is -2.38. The van der Waals surface area contributed by atoms with Crippen LogP contribution in [0.3, 0.4) is 0 Å². The van der Waals surface area contributed by atoms with E-state index in [2.05, 4.69) is 9.36 Å². The van der Waals surface area contributed by atoms with Crippen LogP contribution in [0.5, 0.6) is 0 Å². The highest BCUT2D eigenvalue weighted by molar-refractivity contribution is 7.09. The molecule has 0 unspecified atom stereocenters. The van der Waals surface area contributed by atoms with Gasteiger partial charge in [0.25, 0.3) is 0 Å². The average Bonchev–Trinajstić information content (AvgIpc) is 2.86. The Bertz CT molecular complexity index is 404. The number of anilines is 1. The van der Waals surface area contributed by atoms with Crippen molar-refractivity contribution in [3.8, 4) is 0 Å². The van der Waals surface area contributed by atoms with E-state index in [4.69, 9.17) is 5.11 Å². The van der Waals surface area contributed by atoms with Gasteiger partial charge in [0.05, 0.1) is 6.61 Å². The summed E-state index contributed by atoms with van der Waals surface area (Å²) in [7, 11) is 0. The van der Waals surface area contributed by atoms with E-state index in [-0.39, 0.29) is 17.8 Å². The maximum absolute atomic E-state index is 12.5. The van der Waals surface area contributed by atoms with Crippen LogP contribution in [-0.2, 0) is 6.18 Å². The minimum absolute atomic E-state index is 0.0998. The molecule has 8 heteroatoms. The van der Waals surface area contributed by atoms with Crippen molar-refractivity contribution < 1.29 is 18.3 Å². The van der Waals surface area contributed by atoms with Crippen molar-refractivity contribution in [2.24, 2.45) is 0 Å². The van der Waals surface area contributed by atoms with Crippen LogP contribution in [0.25, 0.3) is 0 Å². The summed E-state index contributed by atoms with van der Waals surface area (Å²) >= 11 is 0.752. The lowest BCUT2D eigenvalue weighted by molar-refractivity contribution is -0.144. The van der Waals surface area contributed by atoms with Crippen molar-refractivity contribution in [2.45, 2.75) is 44.3 Å². The predicted molar refractivity (Wildman–Crippen MR) is 66.2 cm³/mol. The monoisotopic (exact) mass is 295 g/mol. The third kappa shape index (κ3) is 3.56. The molecule has 0 spiro atoms.